The predicted molar refractivity (Wildman–Crippen MR) is 71.2 cm³/mol. The van der Waals surface area contributed by atoms with Crippen LogP contribution in [-0.2, 0) is 0 Å². The van der Waals surface area contributed by atoms with Gasteiger partial charge in [-0.25, -0.2) is 9.67 Å². The third-order valence-electron chi connectivity index (χ3n) is 2.69. The second-order valence-electron chi connectivity index (χ2n) is 3.95. The number of nitrogens with zero attached hydrogens (tertiary/aromatic N) is 3. The molecule has 0 saturated carbocycles. The van der Waals surface area contributed by atoms with Gasteiger partial charge >= 0.3 is 0 Å². The van der Waals surface area contributed by atoms with E-state index in [-0.39, 0.29) is 0 Å². The number of hydrogen-bond acceptors (Lipinski definition) is 3. The van der Waals surface area contributed by atoms with Crippen molar-refractivity contribution in [1.29, 1.82) is 0 Å². The Kier molecular flexibility index (Phi) is 2.53. The first-order valence-electron chi connectivity index (χ1n) is 5.66. The molecule has 0 fully saturated rings. The zero-order valence-electron chi connectivity index (χ0n) is 9.69. The summed E-state index contributed by atoms with van der Waals surface area (Å²) < 4.78 is 1.79. The van der Waals surface area contributed by atoms with Crippen molar-refractivity contribution >= 4 is 5.82 Å². The molecule has 2 N–H and O–H groups in total. The molecule has 0 unspecified atom stereocenters. The van der Waals surface area contributed by atoms with Crippen molar-refractivity contribution in [1.82, 2.24) is 14.8 Å². The fourth-order valence-corrected chi connectivity index (χ4v) is 1.76. The summed E-state index contributed by atoms with van der Waals surface area (Å²) in [6.45, 7) is 0. The van der Waals surface area contributed by atoms with Gasteiger partial charge in [-0.15, -0.1) is 0 Å². The van der Waals surface area contributed by atoms with Crippen molar-refractivity contribution < 1.29 is 0 Å². The van der Waals surface area contributed by atoms with E-state index in [0.717, 1.165) is 16.9 Å². The number of pyridine rings is 1. The second kappa shape index (κ2) is 4.33. The van der Waals surface area contributed by atoms with Crippen molar-refractivity contribution in [3.8, 4) is 16.9 Å². The molecule has 0 radical (unpaired) electrons. The lowest BCUT2D eigenvalue weighted by atomic mass is 10.2. The maximum atomic E-state index is 5.56. The lowest BCUT2D eigenvalue weighted by Crippen LogP contribution is -1.97. The lowest BCUT2D eigenvalue weighted by molar-refractivity contribution is 0.878. The topological polar surface area (TPSA) is 56.7 Å². The molecule has 88 valence electrons. The number of nitrogen functional groups attached to an aromatic ring is 1. The average Bonchev–Trinajstić information content (AvgIpc) is 2.90. The van der Waals surface area contributed by atoms with E-state index in [9.17, 15) is 0 Å². The maximum absolute atomic E-state index is 5.56. The Bertz CT molecular complexity index is 641. The van der Waals surface area contributed by atoms with E-state index in [1.165, 1.54) is 0 Å². The van der Waals surface area contributed by atoms with Crippen molar-refractivity contribution in [2.24, 2.45) is 0 Å². The summed E-state index contributed by atoms with van der Waals surface area (Å²) in [5, 5.41) is 4.52. The third-order valence-corrected chi connectivity index (χ3v) is 2.69. The summed E-state index contributed by atoms with van der Waals surface area (Å²) in [4.78, 5) is 4.05. The van der Waals surface area contributed by atoms with Crippen molar-refractivity contribution in [3.05, 3.63) is 60.9 Å². The maximum Gasteiger partial charge on any atom is 0.123 e. The second-order valence-corrected chi connectivity index (χ2v) is 3.95. The first kappa shape index (κ1) is 10.5. The molecule has 0 bridgehead atoms. The average molecular weight is 236 g/mol. The van der Waals surface area contributed by atoms with E-state index in [2.05, 4.69) is 10.1 Å². The quantitative estimate of drug-likeness (QED) is 0.743. The van der Waals surface area contributed by atoms with Gasteiger partial charge < -0.3 is 5.73 Å². The number of rotatable bonds is 2. The molecule has 2 aromatic heterocycles. The predicted octanol–water partition coefficient (Wildman–Crippen LogP) is 2.52. The number of anilines is 1. The summed E-state index contributed by atoms with van der Waals surface area (Å²) in [5.74, 6) is 0.509. The smallest absolute Gasteiger partial charge is 0.123 e. The van der Waals surface area contributed by atoms with Crippen LogP contribution in [0.4, 0.5) is 5.82 Å². The Hall–Kier alpha value is -2.62. The Balaban J connectivity index is 1.97. The largest absolute Gasteiger partial charge is 0.384 e. The van der Waals surface area contributed by atoms with Gasteiger partial charge in [-0.2, -0.15) is 5.10 Å². The minimum atomic E-state index is 0.509. The third kappa shape index (κ3) is 1.96. The molecule has 3 aromatic rings. The first-order chi connectivity index (χ1) is 8.83. The highest BCUT2D eigenvalue weighted by Gasteiger charge is 2.03. The molecular weight excluding hydrogens is 224 g/mol. The van der Waals surface area contributed by atoms with Crippen LogP contribution in [0.2, 0.25) is 0 Å². The first-order valence-corrected chi connectivity index (χ1v) is 5.66. The summed E-state index contributed by atoms with van der Waals surface area (Å²) in [7, 11) is 0. The SMILES string of the molecule is Nc1ccc(-n2ccc(-c3ccccc3)n2)cn1. The molecule has 1 aromatic carbocycles. The highest BCUT2D eigenvalue weighted by Crippen LogP contribution is 2.17. The van der Waals surface area contributed by atoms with E-state index in [4.69, 9.17) is 5.73 Å². The fourth-order valence-electron chi connectivity index (χ4n) is 1.76. The molecule has 0 aliphatic heterocycles. The van der Waals surface area contributed by atoms with Crippen LogP contribution in [0.3, 0.4) is 0 Å². The van der Waals surface area contributed by atoms with E-state index in [1.54, 1.807) is 16.9 Å². The van der Waals surface area contributed by atoms with E-state index in [0.29, 0.717) is 5.82 Å². The van der Waals surface area contributed by atoms with Gasteiger partial charge in [-0.1, -0.05) is 30.3 Å². The van der Waals surface area contributed by atoms with Gasteiger partial charge in [0.05, 0.1) is 17.6 Å². The van der Waals surface area contributed by atoms with Gasteiger partial charge in [-0.3, -0.25) is 0 Å². The van der Waals surface area contributed by atoms with Crippen LogP contribution in [0.5, 0.6) is 0 Å². The number of hydrogen-bond donors (Lipinski definition) is 1. The molecule has 0 spiro atoms. The Morgan fingerprint density at radius 2 is 1.78 bits per heavy atom. The molecule has 3 rings (SSSR count). The van der Waals surface area contributed by atoms with Crippen LogP contribution in [0.1, 0.15) is 0 Å². The monoisotopic (exact) mass is 236 g/mol. The highest BCUT2D eigenvalue weighted by molar-refractivity contribution is 5.58. The van der Waals surface area contributed by atoms with Gasteiger partial charge in [0.2, 0.25) is 0 Å². The van der Waals surface area contributed by atoms with Crippen LogP contribution in [0.25, 0.3) is 16.9 Å². The molecule has 0 aliphatic carbocycles. The zero-order valence-corrected chi connectivity index (χ0v) is 9.69. The molecule has 0 aliphatic rings. The lowest BCUT2D eigenvalue weighted by Gasteiger charge is -2.00. The molecule has 0 saturated heterocycles. The minimum Gasteiger partial charge on any atom is -0.384 e. The minimum absolute atomic E-state index is 0.509. The number of benzene rings is 1. The number of nitrogens with two attached hydrogens (primary N) is 1. The van der Waals surface area contributed by atoms with E-state index >= 15 is 0 Å². The summed E-state index contributed by atoms with van der Waals surface area (Å²) >= 11 is 0. The van der Waals surface area contributed by atoms with Gasteiger partial charge in [-0.05, 0) is 18.2 Å². The summed E-state index contributed by atoms with van der Waals surface area (Å²) in [6.07, 6.45) is 3.62. The highest BCUT2D eigenvalue weighted by atomic mass is 15.3. The molecule has 4 heteroatoms. The molecule has 2 heterocycles. The Labute approximate surface area is 105 Å². The van der Waals surface area contributed by atoms with Crippen LogP contribution in [0.15, 0.2) is 60.9 Å². The van der Waals surface area contributed by atoms with Crippen LogP contribution in [-0.4, -0.2) is 14.8 Å². The van der Waals surface area contributed by atoms with Gasteiger partial charge in [0.25, 0.3) is 0 Å². The van der Waals surface area contributed by atoms with Crippen molar-refractivity contribution in [3.63, 3.8) is 0 Å². The van der Waals surface area contributed by atoms with E-state index < -0.39 is 0 Å². The molecule has 18 heavy (non-hydrogen) atoms. The summed E-state index contributed by atoms with van der Waals surface area (Å²) in [5.41, 5.74) is 8.49. The van der Waals surface area contributed by atoms with Gasteiger partial charge in [0, 0.05) is 11.8 Å². The molecule has 4 nitrogen and oxygen atoms in total. The molecule has 0 amide bonds. The van der Waals surface area contributed by atoms with Crippen LogP contribution >= 0.6 is 0 Å². The zero-order chi connectivity index (χ0) is 12.4. The molecular formula is C14H12N4. The standard InChI is InChI=1S/C14H12N4/c15-14-7-6-12(10-16-14)18-9-8-13(17-18)11-4-2-1-3-5-11/h1-10H,(H2,15,16). The Morgan fingerprint density at radius 3 is 2.50 bits per heavy atom. The van der Waals surface area contributed by atoms with Gasteiger partial charge in [0.1, 0.15) is 5.82 Å². The summed E-state index contributed by atoms with van der Waals surface area (Å²) in [6, 6.07) is 15.7. The van der Waals surface area contributed by atoms with Crippen molar-refractivity contribution in [2.75, 3.05) is 5.73 Å². The van der Waals surface area contributed by atoms with Crippen LogP contribution in [0, 0.1) is 0 Å². The fraction of sp³-hybridized carbons (Fsp3) is 0. The van der Waals surface area contributed by atoms with Crippen LogP contribution < -0.4 is 5.73 Å². The Morgan fingerprint density at radius 1 is 0.944 bits per heavy atom. The van der Waals surface area contributed by atoms with Crippen molar-refractivity contribution in [2.45, 2.75) is 0 Å². The van der Waals surface area contributed by atoms with E-state index in [1.807, 2.05) is 48.7 Å². The number of aromatic nitrogens is 3. The van der Waals surface area contributed by atoms with Gasteiger partial charge in [0.15, 0.2) is 0 Å². The normalized spacial score (nSPS) is 10.4. The molecule has 0 atom stereocenters.